The van der Waals surface area contributed by atoms with Crippen LogP contribution < -0.4 is 10.3 Å². The Morgan fingerprint density at radius 2 is 1.68 bits per heavy atom. The highest BCUT2D eigenvalue weighted by Crippen LogP contribution is 2.38. The number of H-pyrrole nitrogens is 1. The molecule has 1 N–H and O–H groups in total. The van der Waals surface area contributed by atoms with Gasteiger partial charge >= 0.3 is 5.97 Å². The fraction of sp³-hybridized carbons (Fsp3) is 0.231. The molecule has 1 aromatic heterocycles. The predicted molar refractivity (Wildman–Crippen MR) is 124 cm³/mol. The van der Waals surface area contributed by atoms with Crippen LogP contribution in [0.4, 0.5) is 0 Å². The van der Waals surface area contributed by atoms with Crippen LogP contribution in [0, 0.1) is 0 Å². The van der Waals surface area contributed by atoms with Gasteiger partial charge in [0.2, 0.25) is 0 Å². The Morgan fingerprint density at radius 1 is 0.968 bits per heavy atom. The normalized spacial score (nSPS) is 11.5. The fourth-order valence-electron chi connectivity index (χ4n) is 3.48. The van der Waals surface area contributed by atoms with E-state index in [-0.39, 0.29) is 11.0 Å². The molecule has 0 saturated heterocycles. The zero-order valence-electron chi connectivity index (χ0n) is 18.5. The quantitative estimate of drug-likeness (QED) is 0.451. The summed E-state index contributed by atoms with van der Waals surface area (Å²) in [5.74, 6) is 0.336. The lowest BCUT2D eigenvalue weighted by atomic mass is 9.83. The maximum atomic E-state index is 12.4. The SMILES string of the molecule is COC(=O)c1ccccc1C=Cc1cc(-c2ccc[nH]c2=O)cc(C(C)(C)C)c1OC. The van der Waals surface area contributed by atoms with Gasteiger partial charge in [0, 0.05) is 22.9 Å². The number of benzene rings is 2. The van der Waals surface area contributed by atoms with Crippen molar-refractivity contribution in [2.75, 3.05) is 14.2 Å². The number of pyridine rings is 1. The van der Waals surface area contributed by atoms with Gasteiger partial charge in [0.05, 0.1) is 19.8 Å². The summed E-state index contributed by atoms with van der Waals surface area (Å²) in [5, 5.41) is 0. The average Bonchev–Trinajstić information content (AvgIpc) is 2.76. The largest absolute Gasteiger partial charge is 0.496 e. The molecule has 0 aliphatic rings. The molecule has 0 fully saturated rings. The lowest BCUT2D eigenvalue weighted by Crippen LogP contribution is -2.15. The molecule has 0 aliphatic carbocycles. The topological polar surface area (TPSA) is 68.4 Å². The van der Waals surface area contributed by atoms with Gasteiger partial charge < -0.3 is 14.5 Å². The van der Waals surface area contributed by atoms with Gasteiger partial charge in [-0.25, -0.2) is 4.79 Å². The Kier molecular flexibility index (Phi) is 6.44. The number of hydrogen-bond acceptors (Lipinski definition) is 4. The Labute approximate surface area is 182 Å². The van der Waals surface area contributed by atoms with Crippen molar-refractivity contribution in [1.29, 1.82) is 0 Å². The van der Waals surface area contributed by atoms with Gasteiger partial charge in [0.15, 0.2) is 0 Å². The number of ether oxygens (including phenoxy) is 2. The van der Waals surface area contributed by atoms with E-state index in [1.54, 1.807) is 37.6 Å². The van der Waals surface area contributed by atoms with E-state index in [1.165, 1.54) is 7.11 Å². The summed E-state index contributed by atoms with van der Waals surface area (Å²) in [5.41, 5.74) is 4.02. The number of hydrogen-bond donors (Lipinski definition) is 1. The zero-order valence-corrected chi connectivity index (χ0v) is 18.5. The minimum Gasteiger partial charge on any atom is -0.496 e. The van der Waals surface area contributed by atoms with Crippen LogP contribution in [0.15, 0.2) is 59.5 Å². The van der Waals surface area contributed by atoms with E-state index >= 15 is 0 Å². The molecule has 0 amide bonds. The van der Waals surface area contributed by atoms with Crippen molar-refractivity contribution >= 4 is 18.1 Å². The van der Waals surface area contributed by atoms with Crippen molar-refractivity contribution < 1.29 is 14.3 Å². The van der Waals surface area contributed by atoms with Crippen molar-refractivity contribution in [3.8, 4) is 16.9 Å². The van der Waals surface area contributed by atoms with E-state index in [1.807, 2.05) is 36.4 Å². The number of nitrogens with one attached hydrogen (secondary N) is 1. The van der Waals surface area contributed by atoms with Gasteiger partial charge in [0.25, 0.3) is 5.56 Å². The number of rotatable bonds is 5. The van der Waals surface area contributed by atoms with Crippen LogP contribution in [0.5, 0.6) is 5.75 Å². The highest BCUT2D eigenvalue weighted by molar-refractivity contribution is 5.95. The van der Waals surface area contributed by atoms with Gasteiger partial charge in [-0.1, -0.05) is 51.1 Å². The first-order chi connectivity index (χ1) is 14.8. The summed E-state index contributed by atoms with van der Waals surface area (Å²) < 4.78 is 10.7. The van der Waals surface area contributed by atoms with Crippen LogP contribution in [0.25, 0.3) is 23.3 Å². The minimum atomic E-state index is -0.396. The third-order valence-corrected chi connectivity index (χ3v) is 5.07. The van der Waals surface area contributed by atoms with Crippen molar-refractivity contribution in [3.63, 3.8) is 0 Å². The second-order valence-corrected chi connectivity index (χ2v) is 8.22. The molecule has 0 saturated carbocycles. The van der Waals surface area contributed by atoms with Crippen LogP contribution >= 0.6 is 0 Å². The molecule has 0 bridgehead atoms. The van der Waals surface area contributed by atoms with Crippen molar-refractivity contribution in [1.82, 2.24) is 4.98 Å². The Morgan fingerprint density at radius 3 is 2.32 bits per heavy atom. The van der Waals surface area contributed by atoms with E-state index in [0.717, 1.165) is 28.0 Å². The molecular formula is C26H27NO4. The maximum absolute atomic E-state index is 12.4. The maximum Gasteiger partial charge on any atom is 0.338 e. The Hall–Kier alpha value is -3.60. The van der Waals surface area contributed by atoms with Crippen LogP contribution in [0.1, 0.15) is 47.8 Å². The highest BCUT2D eigenvalue weighted by atomic mass is 16.5. The monoisotopic (exact) mass is 417 g/mol. The lowest BCUT2D eigenvalue weighted by molar-refractivity contribution is 0.0600. The molecule has 0 spiro atoms. The van der Waals surface area contributed by atoms with Crippen molar-refractivity contribution in [3.05, 3.63) is 87.3 Å². The number of aromatic nitrogens is 1. The van der Waals surface area contributed by atoms with Crippen LogP contribution in [-0.4, -0.2) is 25.2 Å². The summed E-state index contributed by atoms with van der Waals surface area (Å²) in [6, 6.07) is 14.8. The first-order valence-electron chi connectivity index (χ1n) is 10.0. The van der Waals surface area contributed by atoms with E-state index in [0.29, 0.717) is 11.1 Å². The van der Waals surface area contributed by atoms with Gasteiger partial charge in [0.1, 0.15) is 5.75 Å². The molecule has 0 atom stereocenters. The fourth-order valence-corrected chi connectivity index (χ4v) is 3.48. The first kappa shape index (κ1) is 22.1. The molecule has 160 valence electrons. The van der Waals surface area contributed by atoms with Gasteiger partial charge in [-0.3, -0.25) is 4.79 Å². The second kappa shape index (κ2) is 9.04. The molecule has 2 aromatic carbocycles. The zero-order chi connectivity index (χ0) is 22.6. The lowest BCUT2D eigenvalue weighted by Gasteiger charge is -2.24. The van der Waals surface area contributed by atoms with Gasteiger partial charge in [-0.15, -0.1) is 0 Å². The average molecular weight is 418 g/mol. The Balaban J connectivity index is 2.21. The molecule has 0 radical (unpaired) electrons. The van der Waals surface area contributed by atoms with E-state index < -0.39 is 5.97 Å². The summed E-state index contributed by atoms with van der Waals surface area (Å²) in [6.45, 7) is 6.30. The van der Waals surface area contributed by atoms with Crippen LogP contribution in [-0.2, 0) is 10.2 Å². The summed E-state index contributed by atoms with van der Waals surface area (Å²) in [7, 11) is 3.00. The van der Waals surface area contributed by atoms with E-state index in [4.69, 9.17) is 9.47 Å². The second-order valence-electron chi connectivity index (χ2n) is 8.22. The summed E-state index contributed by atoms with van der Waals surface area (Å²) in [6.07, 6.45) is 5.37. The van der Waals surface area contributed by atoms with Gasteiger partial charge in [-0.2, -0.15) is 0 Å². The number of carbonyl (C=O) groups is 1. The number of esters is 1. The minimum absolute atomic E-state index is 0.154. The summed E-state index contributed by atoms with van der Waals surface area (Å²) >= 11 is 0. The Bertz CT molecular complexity index is 1180. The standard InChI is InChI=1S/C26H27NO4/c1-26(2,3)22-16-19(20-11-8-14-27-24(20)28)15-18(23(22)30-4)13-12-17-9-6-7-10-21(17)25(29)31-5/h6-16H,1-5H3,(H,27,28). The number of carbonyl (C=O) groups excluding carboxylic acids is 1. The molecule has 3 aromatic rings. The van der Waals surface area contributed by atoms with Crippen molar-refractivity contribution in [2.24, 2.45) is 0 Å². The predicted octanol–water partition coefficient (Wildman–Crippen LogP) is 5.31. The smallest absolute Gasteiger partial charge is 0.338 e. The molecule has 5 heteroatoms. The van der Waals surface area contributed by atoms with Crippen LogP contribution in [0.2, 0.25) is 0 Å². The molecule has 1 heterocycles. The number of methoxy groups -OCH3 is 2. The molecule has 5 nitrogen and oxygen atoms in total. The molecule has 31 heavy (non-hydrogen) atoms. The van der Waals surface area contributed by atoms with Crippen LogP contribution in [0.3, 0.4) is 0 Å². The molecule has 0 unspecified atom stereocenters. The van der Waals surface area contributed by atoms with Crippen molar-refractivity contribution in [2.45, 2.75) is 26.2 Å². The first-order valence-corrected chi connectivity index (χ1v) is 10.0. The highest BCUT2D eigenvalue weighted by Gasteiger charge is 2.23. The molecule has 0 aliphatic heterocycles. The summed E-state index contributed by atoms with van der Waals surface area (Å²) in [4.78, 5) is 27.3. The third-order valence-electron chi connectivity index (χ3n) is 5.07. The number of aromatic amines is 1. The molecular weight excluding hydrogens is 390 g/mol. The third kappa shape index (κ3) is 4.77. The van der Waals surface area contributed by atoms with Gasteiger partial charge in [-0.05, 0) is 46.9 Å². The van der Waals surface area contributed by atoms with E-state index in [9.17, 15) is 9.59 Å². The molecule has 3 rings (SSSR count). The van der Waals surface area contributed by atoms with E-state index in [2.05, 4.69) is 25.8 Å².